The van der Waals surface area contributed by atoms with E-state index in [-0.39, 0.29) is 12.4 Å². The number of nitrogens with one attached hydrogen (secondary N) is 1. The average molecular weight is 355 g/mol. The minimum atomic E-state index is -0.639. The number of hydrogen-bond acceptors (Lipinski definition) is 3. The highest BCUT2D eigenvalue weighted by molar-refractivity contribution is 5.94. The van der Waals surface area contributed by atoms with Crippen LogP contribution in [0.25, 0.3) is 6.08 Å². The van der Waals surface area contributed by atoms with Gasteiger partial charge in [-0.3, -0.25) is 4.79 Å². The van der Waals surface area contributed by atoms with Gasteiger partial charge in [0.1, 0.15) is 5.82 Å². The first-order chi connectivity index (χ1) is 12.6. The van der Waals surface area contributed by atoms with Crippen LogP contribution in [-0.4, -0.2) is 18.5 Å². The van der Waals surface area contributed by atoms with Gasteiger partial charge in [0.2, 0.25) is 0 Å². The number of aryl methyl sites for hydroxylation is 1. The number of benzene rings is 2. The molecule has 2 aromatic carbocycles. The second kappa shape index (κ2) is 10.1. The fourth-order valence-electron chi connectivity index (χ4n) is 2.26. The van der Waals surface area contributed by atoms with Crippen LogP contribution in [0.5, 0.6) is 0 Å². The third kappa shape index (κ3) is 6.89. The molecule has 0 aromatic heterocycles. The van der Waals surface area contributed by atoms with Crippen molar-refractivity contribution in [1.82, 2.24) is 0 Å². The van der Waals surface area contributed by atoms with Gasteiger partial charge in [0.15, 0.2) is 6.61 Å². The molecule has 1 amide bonds. The maximum atomic E-state index is 12.8. The molecule has 1 N–H and O–H groups in total. The topological polar surface area (TPSA) is 55.4 Å². The van der Waals surface area contributed by atoms with Gasteiger partial charge in [0.05, 0.1) is 0 Å². The molecule has 5 heteroatoms. The van der Waals surface area contributed by atoms with E-state index < -0.39 is 11.9 Å². The lowest BCUT2D eigenvalue weighted by molar-refractivity contribution is -0.142. The van der Waals surface area contributed by atoms with Crippen LogP contribution in [0.4, 0.5) is 10.1 Å². The number of esters is 1. The highest BCUT2D eigenvalue weighted by atomic mass is 19.1. The summed E-state index contributed by atoms with van der Waals surface area (Å²) in [7, 11) is 0. The van der Waals surface area contributed by atoms with Crippen LogP contribution in [0.15, 0.2) is 54.6 Å². The summed E-state index contributed by atoms with van der Waals surface area (Å²) in [5.74, 6) is -1.39. The molecular weight excluding hydrogens is 333 g/mol. The van der Waals surface area contributed by atoms with Crippen molar-refractivity contribution in [3.05, 3.63) is 71.6 Å². The van der Waals surface area contributed by atoms with Crippen molar-refractivity contribution >= 4 is 23.6 Å². The van der Waals surface area contributed by atoms with Gasteiger partial charge in [-0.15, -0.1) is 0 Å². The Balaban J connectivity index is 1.75. The molecule has 0 unspecified atom stereocenters. The number of rotatable bonds is 8. The van der Waals surface area contributed by atoms with Crippen LogP contribution in [0, 0.1) is 5.82 Å². The molecule has 4 nitrogen and oxygen atoms in total. The SMILES string of the molecule is CCCCc1ccc(NC(=O)COC(=O)/C=C/c2ccc(F)cc2)cc1. The van der Waals surface area contributed by atoms with Gasteiger partial charge in [-0.2, -0.15) is 0 Å². The summed E-state index contributed by atoms with van der Waals surface area (Å²) in [6, 6.07) is 13.3. The van der Waals surface area contributed by atoms with Gasteiger partial charge < -0.3 is 10.1 Å². The Hall–Kier alpha value is -2.95. The van der Waals surface area contributed by atoms with Crippen molar-refractivity contribution in [3.63, 3.8) is 0 Å². The molecule has 0 atom stereocenters. The third-order valence-electron chi connectivity index (χ3n) is 3.68. The molecule has 0 aliphatic carbocycles. The maximum Gasteiger partial charge on any atom is 0.331 e. The first-order valence-electron chi connectivity index (χ1n) is 8.56. The van der Waals surface area contributed by atoms with E-state index >= 15 is 0 Å². The predicted octanol–water partition coefficient (Wildman–Crippen LogP) is 4.36. The van der Waals surface area contributed by atoms with Crippen LogP contribution < -0.4 is 5.32 Å². The van der Waals surface area contributed by atoms with E-state index in [1.165, 1.54) is 42.0 Å². The summed E-state index contributed by atoms with van der Waals surface area (Å²) in [4.78, 5) is 23.5. The predicted molar refractivity (Wildman–Crippen MR) is 100 cm³/mol. The standard InChI is InChI=1S/C21H22FNO3/c1-2-3-4-16-7-12-19(13-8-16)23-20(24)15-26-21(25)14-9-17-5-10-18(22)11-6-17/h5-14H,2-4,15H2,1H3,(H,23,24)/b14-9+. The highest BCUT2D eigenvalue weighted by Crippen LogP contribution is 2.11. The first-order valence-corrected chi connectivity index (χ1v) is 8.56. The van der Waals surface area contributed by atoms with Crippen molar-refractivity contribution < 1.29 is 18.7 Å². The smallest absolute Gasteiger partial charge is 0.331 e. The van der Waals surface area contributed by atoms with Crippen LogP contribution >= 0.6 is 0 Å². The Morgan fingerprint density at radius 3 is 2.42 bits per heavy atom. The van der Waals surface area contributed by atoms with E-state index in [1.807, 2.05) is 24.3 Å². The number of halogens is 1. The van der Waals surface area contributed by atoms with E-state index in [4.69, 9.17) is 4.74 Å². The molecule has 136 valence electrons. The number of unbranched alkanes of at least 4 members (excludes halogenated alkanes) is 1. The third-order valence-corrected chi connectivity index (χ3v) is 3.68. The molecule has 0 heterocycles. The van der Waals surface area contributed by atoms with Gasteiger partial charge in [0.25, 0.3) is 5.91 Å². The molecule has 2 aromatic rings. The number of amides is 1. The first kappa shape index (κ1) is 19.4. The van der Waals surface area contributed by atoms with Gasteiger partial charge in [-0.25, -0.2) is 9.18 Å². The highest BCUT2D eigenvalue weighted by Gasteiger charge is 2.06. The average Bonchev–Trinajstić information content (AvgIpc) is 2.65. The zero-order chi connectivity index (χ0) is 18.8. The molecule has 0 saturated heterocycles. The molecule has 26 heavy (non-hydrogen) atoms. The summed E-state index contributed by atoms with van der Waals surface area (Å²) in [6.45, 7) is 1.77. The zero-order valence-corrected chi connectivity index (χ0v) is 14.7. The molecule has 0 aliphatic rings. The largest absolute Gasteiger partial charge is 0.452 e. The van der Waals surface area contributed by atoms with Crippen LogP contribution in [0.3, 0.4) is 0 Å². The van der Waals surface area contributed by atoms with Crippen LogP contribution in [-0.2, 0) is 20.7 Å². The molecule has 0 radical (unpaired) electrons. The fraction of sp³-hybridized carbons (Fsp3) is 0.238. The monoisotopic (exact) mass is 355 g/mol. The number of carbonyl (C=O) groups is 2. The van der Waals surface area contributed by atoms with Crippen molar-refractivity contribution in [3.8, 4) is 0 Å². The number of ether oxygens (including phenoxy) is 1. The second-order valence-corrected chi connectivity index (χ2v) is 5.84. The van der Waals surface area contributed by atoms with Crippen LogP contribution in [0.1, 0.15) is 30.9 Å². The summed E-state index contributed by atoms with van der Waals surface area (Å²) >= 11 is 0. The lowest BCUT2D eigenvalue weighted by atomic mass is 10.1. The quantitative estimate of drug-likeness (QED) is 0.565. The normalized spacial score (nSPS) is 10.7. The molecule has 2 rings (SSSR count). The Labute approximate surface area is 152 Å². The Bertz CT molecular complexity index is 752. The van der Waals surface area contributed by atoms with E-state index in [9.17, 15) is 14.0 Å². The summed E-state index contributed by atoms with van der Waals surface area (Å²) in [5, 5.41) is 2.68. The van der Waals surface area contributed by atoms with Gasteiger partial charge in [-0.05, 0) is 54.3 Å². The van der Waals surface area contributed by atoms with E-state index in [2.05, 4.69) is 12.2 Å². The van der Waals surface area contributed by atoms with E-state index in [0.717, 1.165) is 19.3 Å². The van der Waals surface area contributed by atoms with Crippen molar-refractivity contribution in [1.29, 1.82) is 0 Å². The lowest BCUT2D eigenvalue weighted by Gasteiger charge is -2.06. The minimum Gasteiger partial charge on any atom is -0.452 e. The van der Waals surface area contributed by atoms with Gasteiger partial charge in [0, 0.05) is 11.8 Å². The van der Waals surface area contributed by atoms with Gasteiger partial charge >= 0.3 is 5.97 Å². The molecule has 0 spiro atoms. The second-order valence-electron chi connectivity index (χ2n) is 5.84. The van der Waals surface area contributed by atoms with Crippen molar-refractivity contribution in [2.45, 2.75) is 26.2 Å². The van der Waals surface area contributed by atoms with E-state index in [1.54, 1.807) is 0 Å². The summed E-state index contributed by atoms with van der Waals surface area (Å²) in [6.07, 6.45) is 5.98. The summed E-state index contributed by atoms with van der Waals surface area (Å²) in [5.41, 5.74) is 2.55. The van der Waals surface area contributed by atoms with Crippen LogP contribution in [0.2, 0.25) is 0 Å². The molecule has 0 aliphatic heterocycles. The Morgan fingerprint density at radius 2 is 1.77 bits per heavy atom. The van der Waals surface area contributed by atoms with Gasteiger partial charge in [-0.1, -0.05) is 37.6 Å². The maximum absolute atomic E-state index is 12.8. The molecular formula is C21H22FNO3. The Morgan fingerprint density at radius 1 is 1.08 bits per heavy atom. The molecule has 0 fully saturated rings. The summed E-state index contributed by atoms with van der Waals surface area (Å²) < 4.78 is 17.7. The fourth-order valence-corrected chi connectivity index (χ4v) is 2.26. The van der Waals surface area contributed by atoms with E-state index in [0.29, 0.717) is 11.3 Å². The minimum absolute atomic E-state index is 0.347. The number of anilines is 1. The number of hydrogen-bond donors (Lipinski definition) is 1. The molecule has 0 bridgehead atoms. The molecule has 0 saturated carbocycles. The zero-order valence-electron chi connectivity index (χ0n) is 14.7. The van der Waals surface area contributed by atoms with Crippen molar-refractivity contribution in [2.75, 3.05) is 11.9 Å². The van der Waals surface area contributed by atoms with Crippen molar-refractivity contribution in [2.24, 2.45) is 0 Å². The lowest BCUT2D eigenvalue weighted by Crippen LogP contribution is -2.20. The Kier molecular flexibility index (Phi) is 7.55. The number of carbonyl (C=O) groups excluding carboxylic acids is 2.